The van der Waals surface area contributed by atoms with Crippen LogP contribution in [-0.4, -0.2) is 18.0 Å². The van der Waals surface area contributed by atoms with Crippen LogP contribution in [0.5, 0.6) is 0 Å². The van der Waals surface area contributed by atoms with E-state index in [0.717, 1.165) is 11.1 Å². The summed E-state index contributed by atoms with van der Waals surface area (Å²) in [6.07, 6.45) is 3.89. The summed E-state index contributed by atoms with van der Waals surface area (Å²) in [6.45, 7) is 1.82. The molecule has 132 valence electrons. The van der Waals surface area contributed by atoms with Crippen LogP contribution in [0.2, 0.25) is 0 Å². The summed E-state index contributed by atoms with van der Waals surface area (Å²) in [7, 11) is -2.22. The smallest absolute Gasteiger partial charge is 0.238 e. The van der Waals surface area contributed by atoms with E-state index in [2.05, 4.69) is 53.1 Å². The van der Waals surface area contributed by atoms with Crippen LogP contribution in [0.4, 0.5) is 0 Å². The normalized spacial score (nSPS) is 11.2. The van der Waals surface area contributed by atoms with Gasteiger partial charge in [-0.05, 0) is 37.3 Å². The van der Waals surface area contributed by atoms with Crippen molar-refractivity contribution in [3.05, 3.63) is 78.6 Å². The third-order valence-corrected chi connectivity index (χ3v) is 4.88. The molecule has 0 bridgehead atoms. The Balaban J connectivity index is 0.000000160. The molecule has 0 unspecified atom stereocenters. The van der Waals surface area contributed by atoms with Crippen molar-refractivity contribution in [2.24, 2.45) is 7.05 Å². The number of fused-ring (bicyclic) bond motifs is 3. The van der Waals surface area contributed by atoms with E-state index in [1.165, 1.54) is 28.4 Å². The van der Waals surface area contributed by atoms with Gasteiger partial charge >= 0.3 is 0 Å². The molecule has 4 rings (SSSR count). The topological polar surface area (TPSA) is 74.0 Å². The summed E-state index contributed by atoms with van der Waals surface area (Å²) in [5, 5.41) is 2.41. The number of nitrogens with zero attached hydrogens (tertiary/aromatic N) is 2. The largest absolute Gasteiger partial charge is 0.744 e. The Morgan fingerprint density at radius 1 is 0.923 bits per heavy atom. The molecule has 0 fully saturated rings. The molecule has 2 aromatic heterocycles. The van der Waals surface area contributed by atoms with Gasteiger partial charge in [0.25, 0.3) is 0 Å². The minimum atomic E-state index is -4.27. The molecule has 0 atom stereocenters. The molecule has 0 spiro atoms. The third-order valence-electron chi connectivity index (χ3n) is 4.03. The highest BCUT2D eigenvalue weighted by Crippen LogP contribution is 2.19. The van der Waals surface area contributed by atoms with Gasteiger partial charge in [0.05, 0.1) is 4.90 Å². The second-order valence-corrected chi connectivity index (χ2v) is 7.34. The Bertz CT molecular complexity index is 1170. The van der Waals surface area contributed by atoms with E-state index in [4.69, 9.17) is 0 Å². The first-order valence-corrected chi connectivity index (χ1v) is 9.42. The Morgan fingerprint density at radius 2 is 1.58 bits per heavy atom. The molecule has 0 N–H and O–H groups in total. The van der Waals surface area contributed by atoms with Crippen molar-refractivity contribution in [1.82, 2.24) is 4.98 Å². The standard InChI is InChI=1S/C13H11N2.C7H8O3S/c1-15-9-3-5-11-7-6-10-4-2-8-14-12(10)13(11)15;1-6-2-4-7(5-3-6)11(8,9)10/h2-9H,1H3;2-5H,1H3,(H,8,9,10)/q+1;/p-1. The van der Waals surface area contributed by atoms with Gasteiger partial charge < -0.3 is 4.55 Å². The summed E-state index contributed by atoms with van der Waals surface area (Å²) in [5.74, 6) is 0. The minimum absolute atomic E-state index is 0.178. The lowest BCUT2D eigenvalue weighted by atomic mass is 10.1. The fraction of sp³-hybridized carbons (Fsp3) is 0.100. The van der Waals surface area contributed by atoms with E-state index >= 15 is 0 Å². The molecule has 2 heterocycles. The van der Waals surface area contributed by atoms with Crippen LogP contribution in [-0.2, 0) is 17.2 Å². The highest BCUT2D eigenvalue weighted by Gasteiger charge is 2.09. The van der Waals surface area contributed by atoms with Gasteiger partial charge in [-0.3, -0.25) is 0 Å². The highest BCUT2D eigenvalue weighted by atomic mass is 32.2. The molecular formula is C20H18N2O3S. The van der Waals surface area contributed by atoms with Gasteiger partial charge in [0.2, 0.25) is 5.52 Å². The van der Waals surface area contributed by atoms with E-state index in [1.807, 2.05) is 19.2 Å². The summed E-state index contributed by atoms with van der Waals surface area (Å²) in [5.41, 5.74) is 3.19. The van der Waals surface area contributed by atoms with Crippen LogP contribution in [0.3, 0.4) is 0 Å². The third kappa shape index (κ3) is 3.87. The van der Waals surface area contributed by atoms with Gasteiger partial charge in [-0.25, -0.2) is 13.4 Å². The number of pyridine rings is 2. The van der Waals surface area contributed by atoms with E-state index in [9.17, 15) is 13.0 Å². The minimum Gasteiger partial charge on any atom is -0.744 e. The molecule has 0 saturated heterocycles. The van der Waals surface area contributed by atoms with Gasteiger partial charge in [-0.2, -0.15) is 4.57 Å². The number of hydrogen-bond acceptors (Lipinski definition) is 4. The van der Waals surface area contributed by atoms with Gasteiger partial charge in [0, 0.05) is 23.0 Å². The Hall–Kier alpha value is -2.83. The molecule has 0 aliphatic rings. The SMILES string of the molecule is C[n+]1cccc2ccc3cccnc3c21.Cc1ccc(S(=O)(=O)[O-])cc1. The summed E-state index contributed by atoms with van der Waals surface area (Å²) >= 11 is 0. The lowest BCUT2D eigenvalue weighted by Gasteiger charge is -2.05. The molecule has 6 heteroatoms. The van der Waals surface area contributed by atoms with Crippen LogP contribution in [0.25, 0.3) is 21.8 Å². The van der Waals surface area contributed by atoms with E-state index in [1.54, 1.807) is 12.1 Å². The molecule has 2 aromatic carbocycles. The maximum atomic E-state index is 10.4. The van der Waals surface area contributed by atoms with E-state index in [-0.39, 0.29) is 4.90 Å². The zero-order valence-corrected chi connectivity index (χ0v) is 15.3. The Kier molecular flexibility index (Phi) is 4.97. The van der Waals surface area contributed by atoms with Crippen molar-refractivity contribution in [3.8, 4) is 0 Å². The van der Waals surface area contributed by atoms with Crippen molar-refractivity contribution >= 4 is 31.9 Å². The fourth-order valence-corrected chi connectivity index (χ4v) is 3.18. The summed E-state index contributed by atoms with van der Waals surface area (Å²) in [4.78, 5) is 4.27. The first-order chi connectivity index (χ1) is 12.4. The molecule has 26 heavy (non-hydrogen) atoms. The van der Waals surface area contributed by atoms with E-state index < -0.39 is 10.1 Å². The van der Waals surface area contributed by atoms with Crippen LogP contribution in [0.15, 0.2) is 78.0 Å². The molecule has 0 aliphatic heterocycles. The zero-order chi connectivity index (χ0) is 18.7. The van der Waals surface area contributed by atoms with Crippen LogP contribution in [0, 0.1) is 6.92 Å². The molecule has 0 saturated carbocycles. The second-order valence-electron chi connectivity index (χ2n) is 5.96. The lowest BCUT2D eigenvalue weighted by molar-refractivity contribution is -0.644. The molecular weight excluding hydrogens is 348 g/mol. The van der Waals surface area contributed by atoms with Crippen LogP contribution >= 0.6 is 0 Å². The molecule has 5 nitrogen and oxygen atoms in total. The fourth-order valence-electron chi connectivity index (χ4n) is 2.71. The Morgan fingerprint density at radius 3 is 2.27 bits per heavy atom. The number of rotatable bonds is 1. The van der Waals surface area contributed by atoms with Gasteiger partial charge in [0.1, 0.15) is 22.7 Å². The summed E-state index contributed by atoms with van der Waals surface area (Å²) in [6, 6.07) is 18.3. The van der Waals surface area contributed by atoms with Crippen molar-refractivity contribution in [3.63, 3.8) is 0 Å². The van der Waals surface area contributed by atoms with Crippen molar-refractivity contribution in [2.45, 2.75) is 11.8 Å². The predicted octanol–water partition coefficient (Wildman–Crippen LogP) is 3.11. The highest BCUT2D eigenvalue weighted by molar-refractivity contribution is 7.85. The van der Waals surface area contributed by atoms with Crippen molar-refractivity contribution < 1.29 is 17.5 Å². The molecule has 0 amide bonds. The van der Waals surface area contributed by atoms with Crippen LogP contribution < -0.4 is 4.57 Å². The van der Waals surface area contributed by atoms with E-state index in [0.29, 0.717) is 0 Å². The summed E-state index contributed by atoms with van der Waals surface area (Å²) < 4.78 is 33.3. The number of hydrogen-bond donors (Lipinski definition) is 0. The van der Waals surface area contributed by atoms with Gasteiger partial charge in [-0.1, -0.05) is 29.8 Å². The maximum absolute atomic E-state index is 10.4. The van der Waals surface area contributed by atoms with Gasteiger partial charge in [0.15, 0.2) is 6.20 Å². The molecule has 0 radical (unpaired) electrons. The monoisotopic (exact) mass is 366 g/mol. The molecule has 0 aliphatic carbocycles. The van der Waals surface area contributed by atoms with Crippen molar-refractivity contribution in [1.29, 1.82) is 0 Å². The first-order valence-electron chi connectivity index (χ1n) is 8.01. The number of benzene rings is 2. The lowest BCUT2D eigenvalue weighted by Crippen LogP contribution is -2.28. The first kappa shape index (κ1) is 18.0. The average molecular weight is 366 g/mol. The Labute approximate surface area is 152 Å². The van der Waals surface area contributed by atoms with Crippen molar-refractivity contribution in [2.75, 3.05) is 0 Å². The van der Waals surface area contributed by atoms with Crippen LogP contribution in [0.1, 0.15) is 5.56 Å². The average Bonchev–Trinajstić information content (AvgIpc) is 2.62. The zero-order valence-electron chi connectivity index (χ0n) is 14.5. The second kappa shape index (κ2) is 7.19. The maximum Gasteiger partial charge on any atom is 0.238 e. The number of aryl methyl sites for hydroxylation is 2. The quantitative estimate of drug-likeness (QED) is 0.295. The number of aromatic nitrogens is 2. The predicted molar refractivity (Wildman–Crippen MR) is 99.6 cm³/mol. The molecule has 4 aromatic rings. The van der Waals surface area contributed by atoms with Gasteiger partial charge in [-0.15, -0.1) is 0 Å².